The molecule has 2 aromatic rings. The summed E-state index contributed by atoms with van der Waals surface area (Å²) in [6, 6.07) is 5.91. The Balaban J connectivity index is 2.40. The van der Waals surface area contributed by atoms with E-state index in [0.29, 0.717) is 5.02 Å². The van der Waals surface area contributed by atoms with Gasteiger partial charge in [-0.05, 0) is 18.6 Å². The number of hydrogen-bond donors (Lipinski definition) is 1. The highest BCUT2D eigenvalue weighted by Gasteiger charge is 2.23. The summed E-state index contributed by atoms with van der Waals surface area (Å²) < 4.78 is 2.16. The molecule has 0 fully saturated rings. The number of aromatic nitrogens is 2. The van der Waals surface area contributed by atoms with Crippen LogP contribution in [0.15, 0.2) is 18.2 Å². The molecule has 0 radical (unpaired) electrons. The Morgan fingerprint density at radius 3 is 3.21 bits per heavy atom. The van der Waals surface area contributed by atoms with Crippen molar-refractivity contribution in [2.24, 2.45) is 5.73 Å². The van der Waals surface area contributed by atoms with Gasteiger partial charge in [0.05, 0.1) is 16.6 Å². The Labute approximate surface area is 86.5 Å². The predicted octanol–water partition coefficient (Wildman–Crippen LogP) is 2.09. The average Bonchev–Trinajstić information content (AvgIpc) is 2.69. The molecule has 0 spiro atoms. The van der Waals surface area contributed by atoms with E-state index in [1.54, 1.807) is 0 Å². The topological polar surface area (TPSA) is 43.8 Å². The van der Waals surface area contributed by atoms with E-state index >= 15 is 0 Å². The molecule has 1 aromatic carbocycles. The molecule has 1 atom stereocenters. The summed E-state index contributed by atoms with van der Waals surface area (Å²) in [5.74, 6) is 0.966. The maximum absolute atomic E-state index is 6.05. The SMILES string of the molecule is NC1CCn2c1nc1c(Cl)cccc12. The van der Waals surface area contributed by atoms with Crippen molar-refractivity contribution in [1.82, 2.24) is 9.55 Å². The highest BCUT2D eigenvalue weighted by atomic mass is 35.5. The van der Waals surface area contributed by atoms with Crippen LogP contribution in [0.4, 0.5) is 0 Å². The Morgan fingerprint density at radius 1 is 1.50 bits per heavy atom. The lowest BCUT2D eigenvalue weighted by molar-refractivity contribution is 0.685. The lowest BCUT2D eigenvalue weighted by Crippen LogP contribution is -2.06. The summed E-state index contributed by atoms with van der Waals surface area (Å²) in [5, 5.41) is 0.705. The van der Waals surface area contributed by atoms with Crippen LogP contribution in [0.1, 0.15) is 18.3 Å². The van der Waals surface area contributed by atoms with E-state index in [1.807, 2.05) is 18.2 Å². The zero-order valence-corrected chi connectivity index (χ0v) is 8.33. The fraction of sp³-hybridized carbons (Fsp3) is 0.300. The van der Waals surface area contributed by atoms with Gasteiger partial charge in [-0.25, -0.2) is 4.98 Å². The van der Waals surface area contributed by atoms with Gasteiger partial charge in [0.1, 0.15) is 11.3 Å². The van der Waals surface area contributed by atoms with Crippen molar-refractivity contribution in [2.75, 3.05) is 0 Å². The first kappa shape index (κ1) is 8.26. The Morgan fingerprint density at radius 2 is 2.36 bits per heavy atom. The van der Waals surface area contributed by atoms with Crippen LogP contribution in [0.2, 0.25) is 5.02 Å². The van der Waals surface area contributed by atoms with E-state index < -0.39 is 0 Å². The smallest absolute Gasteiger partial charge is 0.126 e. The second kappa shape index (κ2) is 2.72. The second-order valence-electron chi connectivity index (χ2n) is 3.62. The van der Waals surface area contributed by atoms with Crippen molar-refractivity contribution in [1.29, 1.82) is 0 Å². The molecule has 1 aliphatic rings. The molecule has 1 aromatic heterocycles. The molecule has 72 valence electrons. The fourth-order valence-corrected chi connectivity index (χ4v) is 2.26. The van der Waals surface area contributed by atoms with Crippen molar-refractivity contribution in [3.8, 4) is 0 Å². The number of rotatable bonds is 0. The van der Waals surface area contributed by atoms with Crippen LogP contribution in [0.3, 0.4) is 0 Å². The van der Waals surface area contributed by atoms with Gasteiger partial charge in [0.25, 0.3) is 0 Å². The van der Waals surface area contributed by atoms with Crippen LogP contribution in [0.5, 0.6) is 0 Å². The number of fused-ring (bicyclic) bond motifs is 3. The first-order valence-corrected chi connectivity index (χ1v) is 5.05. The number of nitrogens with two attached hydrogens (primary N) is 1. The number of halogens is 1. The average molecular weight is 208 g/mol. The zero-order valence-electron chi connectivity index (χ0n) is 7.57. The number of hydrogen-bond acceptors (Lipinski definition) is 2. The molecular formula is C10H10ClN3. The van der Waals surface area contributed by atoms with Gasteiger partial charge in [-0.1, -0.05) is 17.7 Å². The number of para-hydroxylation sites is 1. The van der Waals surface area contributed by atoms with Crippen LogP contribution in [-0.2, 0) is 6.54 Å². The molecular weight excluding hydrogens is 198 g/mol. The lowest BCUT2D eigenvalue weighted by Gasteiger charge is -1.97. The minimum atomic E-state index is 0.0680. The zero-order chi connectivity index (χ0) is 9.71. The maximum atomic E-state index is 6.05. The van der Waals surface area contributed by atoms with Gasteiger partial charge >= 0.3 is 0 Å². The van der Waals surface area contributed by atoms with Crippen LogP contribution in [-0.4, -0.2) is 9.55 Å². The summed E-state index contributed by atoms with van der Waals surface area (Å²) in [6.45, 7) is 0.952. The van der Waals surface area contributed by atoms with Gasteiger partial charge in [-0.15, -0.1) is 0 Å². The third-order valence-corrected chi connectivity index (χ3v) is 3.06. The molecule has 3 rings (SSSR count). The van der Waals surface area contributed by atoms with E-state index in [0.717, 1.165) is 29.8 Å². The minimum Gasteiger partial charge on any atom is -0.327 e. The van der Waals surface area contributed by atoms with Gasteiger partial charge in [-0.2, -0.15) is 0 Å². The molecule has 3 nitrogen and oxygen atoms in total. The molecule has 4 heteroatoms. The van der Waals surface area contributed by atoms with Crippen molar-refractivity contribution in [2.45, 2.75) is 19.0 Å². The molecule has 1 unspecified atom stereocenters. The molecule has 1 aliphatic heterocycles. The van der Waals surface area contributed by atoms with Crippen LogP contribution in [0, 0.1) is 0 Å². The van der Waals surface area contributed by atoms with Crippen molar-refractivity contribution < 1.29 is 0 Å². The second-order valence-corrected chi connectivity index (χ2v) is 4.03. The van der Waals surface area contributed by atoms with E-state index in [9.17, 15) is 0 Å². The Kier molecular flexibility index (Phi) is 1.60. The van der Waals surface area contributed by atoms with Gasteiger partial charge in [0, 0.05) is 6.54 Å². The Bertz CT molecular complexity index is 503. The number of benzene rings is 1. The van der Waals surface area contributed by atoms with E-state index in [2.05, 4.69) is 9.55 Å². The van der Waals surface area contributed by atoms with Crippen LogP contribution >= 0.6 is 11.6 Å². The number of aryl methyl sites for hydroxylation is 1. The molecule has 0 amide bonds. The van der Waals surface area contributed by atoms with E-state index in [-0.39, 0.29) is 6.04 Å². The van der Waals surface area contributed by atoms with Crippen molar-refractivity contribution in [3.63, 3.8) is 0 Å². The van der Waals surface area contributed by atoms with Gasteiger partial charge in [0.15, 0.2) is 0 Å². The summed E-state index contributed by atoms with van der Waals surface area (Å²) in [5.41, 5.74) is 7.91. The van der Waals surface area contributed by atoms with Gasteiger partial charge in [0.2, 0.25) is 0 Å². The van der Waals surface area contributed by atoms with Crippen LogP contribution in [0.25, 0.3) is 11.0 Å². The quantitative estimate of drug-likeness (QED) is 0.719. The first-order valence-electron chi connectivity index (χ1n) is 4.67. The normalized spacial score (nSPS) is 20.3. The highest BCUT2D eigenvalue weighted by molar-refractivity contribution is 6.34. The van der Waals surface area contributed by atoms with Gasteiger partial charge in [-0.3, -0.25) is 0 Å². The molecule has 14 heavy (non-hydrogen) atoms. The largest absolute Gasteiger partial charge is 0.327 e. The van der Waals surface area contributed by atoms with Gasteiger partial charge < -0.3 is 10.3 Å². The minimum absolute atomic E-state index is 0.0680. The van der Waals surface area contributed by atoms with Crippen molar-refractivity contribution >= 4 is 22.6 Å². The Hall–Kier alpha value is -1.06. The summed E-state index contributed by atoms with van der Waals surface area (Å²) >= 11 is 6.05. The molecule has 0 saturated carbocycles. The van der Waals surface area contributed by atoms with E-state index in [4.69, 9.17) is 17.3 Å². The summed E-state index contributed by atoms with van der Waals surface area (Å²) in [4.78, 5) is 4.48. The highest BCUT2D eigenvalue weighted by Crippen LogP contribution is 2.31. The lowest BCUT2D eigenvalue weighted by atomic mass is 10.2. The molecule has 0 saturated heterocycles. The monoisotopic (exact) mass is 207 g/mol. The molecule has 2 heterocycles. The molecule has 0 aliphatic carbocycles. The fourth-order valence-electron chi connectivity index (χ4n) is 2.05. The number of nitrogens with zero attached hydrogens (tertiary/aromatic N) is 2. The maximum Gasteiger partial charge on any atom is 0.126 e. The van der Waals surface area contributed by atoms with Crippen molar-refractivity contribution in [3.05, 3.63) is 29.0 Å². The summed E-state index contributed by atoms with van der Waals surface area (Å²) in [7, 11) is 0. The molecule has 0 bridgehead atoms. The molecule has 2 N–H and O–H groups in total. The third-order valence-electron chi connectivity index (χ3n) is 2.75. The van der Waals surface area contributed by atoms with Crippen LogP contribution < -0.4 is 5.73 Å². The first-order chi connectivity index (χ1) is 6.77. The third kappa shape index (κ3) is 0.938. The standard InChI is InChI=1S/C10H10ClN3/c11-6-2-1-3-8-9(6)13-10-7(12)4-5-14(8)10/h1-3,7H,4-5,12H2. The number of imidazole rings is 1. The predicted molar refractivity (Wildman–Crippen MR) is 56.3 cm³/mol. The van der Waals surface area contributed by atoms with E-state index in [1.165, 1.54) is 0 Å². The summed E-state index contributed by atoms with van der Waals surface area (Å²) in [6.07, 6.45) is 0.977.